The van der Waals surface area contributed by atoms with Crippen LogP contribution in [0.4, 0.5) is 0 Å². The van der Waals surface area contributed by atoms with E-state index in [1.54, 1.807) is 6.07 Å². The summed E-state index contributed by atoms with van der Waals surface area (Å²) in [5, 5.41) is 10.8. The van der Waals surface area contributed by atoms with Crippen molar-refractivity contribution in [2.24, 2.45) is 0 Å². The molecule has 1 heterocycles. The molecule has 1 aromatic rings. The maximum Gasteiger partial charge on any atom is 0.162 e. The third kappa shape index (κ3) is 3.19. The van der Waals surface area contributed by atoms with E-state index < -0.39 is 0 Å². The second-order valence-corrected chi connectivity index (χ2v) is 6.11. The number of hydrogen-bond acceptors (Lipinski definition) is 4. The van der Waals surface area contributed by atoms with Crippen LogP contribution in [-0.4, -0.2) is 54.2 Å². The summed E-state index contributed by atoms with van der Waals surface area (Å²) in [6.07, 6.45) is 0. The summed E-state index contributed by atoms with van der Waals surface area (Å²) in [5.41, 5.74) is 0.818. The van der Waals surface area contributed by atoms with Crippen molar-refractivity contribution in [1.29, 1.82) is 0 Å². The largest absolute Gasteiger partial charge is 0.504 e. The van der Waals surface area contributed by atoms with Gasteiger partial charge >= 0.3 is 0 Å². The van der Waals surface area contributed by atoms with E-state index in [4.69, 9.17) is 16.3 Å². The van der Waals surface area contributed by atoms with Gasteiger partial charge in [0.1, 0.15) is 0 Å². The fraction of sp³-hybridized carbons (Fsp3) is 0.600. The van der Waals surface area contributed by atoms with Gasteiger partial charge in [0.2, 0.25) is 0 Å². The highest BCUT2D eigenvalue weighted by Crippen LogP contribution is 2.34. The Bertz CT molecular complexity index is 469. The zero-order valence-electron chi connectivity index (χ0n) is 12.6. The molecule has 20 heavy (non-hydrogen) atoms. The van der Waals surface area contributed by atoms with Crippen molar-refractivity contribution in [2.45, 2.75) is 32.5 Å². The van der Waals surface area contributed by atoms with E-state index in [-0.39, 0.29) is 5.75 Å². The van der Waals surface area contributed by atoms with Crippen molar-refractivity contribution < 1.29 is 9.84 Å². The Labute approximate surface area is 125 Å². The van der Waals surface area contributed by atoms with Crippen LogP contribution in [0.3, 0.4) is 0 Å². The van der Waals surface area contributed by atoms with Crippen molar-refractivity contribution in [3.63, 3.8) is 0 Å². The summed E-state index contributed by atoms with van der Waals surface area (Å²) in [4.78, 5) is 4.73. The highest BCUT2D eigenvalue weighted by molar-refractivity contribution is 6.30. The second-order valence-electron chi connectivity index (χ2n) is 5.67. The molecule has 0 saturated carbocycles. The second kappa shape index (κ2) is 6.20. The number of phenols is 1. The van der Waals surface area contributed by atoms with Crippen molar-refractivity contribution in [3.8, 4) is 11.5 Å². The molecule has 1 saturated heterocycles. The molecule has 0 aliphatic carbocycles. The molecule has 0 radical (unpaired) electrons. The Morgan fingerprint density at radius 1 is 1.30 bits per heavy atom. The molecule has 0 bridgehead atoms. The highest BCUT2D eigenvalue weighted by atomic mass is 35.5. The maximum atomic E-state index is 10.2. The number of aromatic hydroxyl groups is 1. The number of nitrogens with zero attached hydrogens (tertiary/aromatic N) is 2. The molecule has 2 rings (SSSR count). The minimum Gasteiger partial charge on any atom is -0.504 e. The molecule has 4 nitrogen and oxygen atoms in total. The number of rotatable bonds is 3. The van der Waals surface area contributed by atoms with Crippen LogP contribution >= 0.6 is 11.6 Å². The van der Waals surface area contributed by atoms with Gasteiger partial charge in [0.25, 0.3) is 0 Å². The van der Waals surface area contributed by atoms with Gasteiger partial charge < -0.3 is 9.84 Å². The van der Waals surface area contributed by atoms with Crippen LogP contribution in [0.5, 0.6) is 11.5 Å². The first kappa shape index (κ1) is 15.4. The standard InChI is InChI=1S/C15H23ClN2O2/c1-10-7-18(8-11(2)17(10)3)9-12-5-13(16)6-14(20-4)15(12)19/h5-6,10-11,19H,7-9H2,1-4H3. The van der Waals surface area contributed by atoms with Crippen LogP contribution in [-0.2, 0) is 6.54 Å². The lowest BCUT2D eigenvalue weighted by atomic mass is 10.1. The molecule has 112 valence electrons. The number of benzene rings is 1. The topological polar surface area (TPSA) is 35.9 Å². The van der Waals surface area contributed by atoms with Gasteiger partial charge in [0.05, 0.1) is 7.11 Å². The molecule has 0 amide bonds. The predicted octanol–water partition coefficient (Wildman–Crippen LogP) is 2.58. The average Bonchev–Trinajstić information content (AvgIpc) is 2.39. The summed E-state index contributed by atoms with van der Waals surface area (Å²) in [7, 11) is 3.70. The molecular weight excluding hydrogens is 276 g/mol. The molecule has 1 aliphatic rings. The average molecular weight is 299 g/mol. The van der Waals surface area contributed by atoms with Crippen molar-refractivity contribution in [3.05, 3.63) is 22.7 Å². The van der Waals surface area contributed by atoms with E-state index in [1.165, 1.54) is 7.11 Å². The molecular formula is C15H23ClN2O2. The minimum atomic E-state index is 0.191. The van der Waals surface area contributed by atoms with Gasteiger partial charge in [0, 0.05) is 48.4 Å². The first-order chi connectivity index (χ1) is 9.42. The summed E-state index contributed by atoms with van der Waals surface area (Å²) in [5.74, 6) is 0.624. The summed E-state index contributed by atoms with van der Waals surface area (Å²) < 4.78 is 5.15. The van der Waals surface area contributed by atoms with Crippen LogP contribution in [0.1, 0.15) is 19.4 Å². The highest BCUT2D eigenvalue weighted by Gasteiger charge is 2.27. The van der Waals surface area contributed by atoms with Crippen molar-refractivity contribution in [1.82, 2.24) is 9.80 Å². The predicted molar refractivity (Wildman–Crippen MR) is 81.6 cm³/mol. The van der Waals surface area contributed by atoms with Gasteiger partial charge in [-0.2, -0.15) is 0 Å². The fourth-order valence-corrected chi connectivity index (χ4v) is 3.02. The van der Waals surface area contributed by atoms with E-state index in [2.05, 4.69) is 30.7 Å². The third-order valence-electron chi connectivity index (χ3n) is 4.17. The molecule has 2 unspecified atom stereocenters. The van der Waals surface area contributed by atoms with Crippen LogP contribution in [0.25, 0.3) is 0 Å². The van der Waals surface area contributed by atoms with Crippen LogP contribution in [0.15, 0.2) is 12.1 Å². The van der Waals surface area contributed by atoms with E-state index in [0.29, 0.717) is 29.4 Å². The normalized spacial score (nSPS) is 24.9. The maximum absolute atomic E-state index is 10.2. The van der Waals surface area contributed by atoms with E-state index >= 15 is 0 Å². The van der Waals surface area contributed by atoms with Crippen LogP contribution < -0.4 is 4.74 Å². The minimum absolute atomic E-state index is 0.191. The van der Waals surface area contributed by atoms with Crippen LogP contribution in [0.2, 0.25) is 5.02 Å². The quantitative estimate of drug-likeness (QED) is 0.930. The number of methoxy groups -OCH3 is 1. The Morgan fingerprint density at radius 2 is 1.90 bits per heavy atom. The first-order valence-corrected chi connectivity index (χ1v) is 7.29. The van der Waals surface area contributed by atoms with Gasteiger partial charge in [-0.3, -0.25) is 9.80 Å². The Kier molecular flexibility index (Phi) is 4.78. The molecule has 1 fully saturated rings. The molecule has 1 aromatic carbocycles. The Balaban J connectivity index is 2.16. The number of ether oxygens (including phenoxy) is 1. The molecule has 2 atom stereocenters. The number of piperazine rings is 1. The fourth-order valence-electron chi connectivity index (χ4n) is 2.79. The molecule has 0 aromatic heterocycles. The summed E-state index contributed by atoms with van der Waals surface area (Å²) in [6.45, 7) is 7.09. The van der Waals surface area contributed by atoms with Gasteiger partial charge in [-0.15, -0.1) is 0 Å². The van der Waals surface area contributed by atoms with E-state index in [9.17, 15) is 5.11 Å². The number of hydrogen-bond donors (Lipinski definition) is 1. The van der Waals surface area contributed by atoms with Crippen molar-refractivity contribution >= 4 is 11.6 Å². The number of phenolic OH excluding ortho intramolecular Hbond substituents is 1. The first-order valence-electron chi connectivity index (χ1n) is 6.92. The third-order valence-corrected chi connectivity index (χ3v) is 4.39. The Morgan fingerprint density at radius 3 is 2.45 bits per heavy atom. The Hall–Kier alpha value is -0.970. The smallest absolute Gasteiger partial charge is 0.162 e. The summed E-state index contributed by atoms with van der Waals surface area (Å²) >= 11 is 6.08. The van der Waals surface area contributed by atoms with Gasteiger partial charge in [-0.1, -0.05) is 11.6 Å². The molecule has 1 N–H and O–H groups in total. The molecule has 0 spiro atoms. The number of halogens is 1. The lowest BCUT2D eigenvalue weighted by molar-refractivity contribution is 0.0551. The number of likely N-dealkylation sites (N-methyl/N-ethyl adjacent to an activating group) is 1. The lowest BCUT2D eigenvalue weighted by Gasteiger charge is -2.42. The molecule has 5 heteroatoms. The van der Waals surface area contributed by atoms with Gasteiger partial charge in [-0.05, 0) is 27.0 Å². The van der Waals surface area contributed by atoms with Gasteiger partial charge in [0.15, 0.2) is 11.5 Å². The van der Waals surface area contributed by atoms with E-state index in [0.717, 1.165) is 18.7 Å². The lowest BCUT2D eigenvalue weighted by Crippen LogP contribution is -2.54. The zero-order chi connectivity index (χ0) is 14.9. The SMILES string of the molecule is COc1cc(Cl)cc(CN2CC(C)N(C)C(C)C2)c1O. The van der Waals surface area contributed by atoms with Gasteiger partial charge in [-0.25, -0.2) is 0 Å². The zero-order valence-corrected chi connectivity index (χ0v) is 13.3. The summed E-state index contributed by atoms with van der Waals surface area (Å²) in [6, 6.07) is 4.45. The monoisotopic (exact) mass is 298 g/mol. The van der Waals surface area contributed by atoms with Crippen molar-refractivity contribution in [2.75, 3.05) is 27.2 Å². The van der Waals surface area contributed by atoms with E-state index in [1.807, 2.05) is 6.07 Å². The molecule has 1 aliphatic heterocycles. The van der Waals surface area contributed by atoms with Crippen LogP contribution in [0, 0.1) is 0 Å².